The summed E-state index contributed by atoms with van der Waals surface area (Å²) < 4.78 is 0.966. The SMILES string of the molecule is CN(CC(=O)NC1CC1)Cc1cc(N)cc(Br)c1. The summed E-state index contributed by atoms with van der Waals surface area (Å²) in [5, 5.41) is 2.98. The van der Waals surface area contributed by atoms with E-state index in [0.717, 1.165) is 28.6 Å². The number of carbonyl (C=O) groups is 1. The normalized spacial score (nSPS) is 14.8. The lowest BCUT2D eigenvalue weighted by Gasteiger charge is -2.16. The van der Waals surface area contributed by atoms with E-state index >= 15 is 0 Å². The van der Waals surface area contributed by atoms with Crippen LogP contribution in [-0.2, 0) is 11.3 Å². The summed E-state index contributed by atoms with van der Waals surface area (Å²) in [5.74, 6) is 0.1000. The number of rotatable bonds is 5. The zero-order valence-corrected chi connectivity index (χ0v) is 12.0. The number of nitrogens with two attached hydrogens (primary N) is 1. The molecule has 5 heteroatoms. The lowest BCUT2D eigenvalue weighted by Crippen LogP contribution is -2.35. The fourth-order valence-corrected chi connectivity index (χ4v) is 2.44. The molecule has 2 rings (SSSR count). The highest BCUT2D eigenvalue weighted by Gasteiger charge is 2.23. The van der Waals surface area contributed by atoms with Crippen LogP contribution in [0.1, 0.15) is 18.4 Å². The molecule has 0 saturated heterocycles. The molecule has 0 aliphatic heterocycles. The van der Waals surface area contributed by atoms with E-state index in [4.69, 9.17) is 5.73 Å². The van der Waals surface area contributed by atoms with Crippen LogP contribution >= 0.6 is 15.9 Å². The first kappa shape index (κ1) is 13.4. The number of halogens is 1. The van der Waals surface area contributed by atoms with Crippen molar-refractivity contribution in [1.82, 2.24) is 10.2 Å². The molecule has 1 aliphatic carbocycles. The number of nitrogens with zero attached hydrogens (tertiary/aromatic N) is 1. The van der Waals surface area contributed by atoms with Gasteiger partial charge in [0, 0.05) is 22.7 Å². The summed E-state index contributed by atoms with van der Waals surface area (Å²) in [7, 11) is 1.93. The molecule has 0 aromatic heterocycles. The highest BCUT2D eigenvalue weighted by Crippen LogP contribution is 2.19. The number of carbonyl (C=O) groups excluding carboxylic acids is 1. The van der Waals surface area contributed by atoms with Crippen LogP contribution < -0.4 is 11.1 Å². The van der Waals surface area contributed by atoms with Gasteiger partial charge in [0.05, 0.1) is 6.54 Å². The van der Waals surface area contributed by atoms with E-state index < -0.39 is 0 Å². The highest BCUT2D eigenvalue weighted by molar-refractivity contribution is 9.10. The fraction of sp³-hybridized carbons (Fsp3) is 0.462. The van der Waals surface area contributed by atoms with Crippen molar-refractivity contribution >= 4 is 27.5 Å². The topological polar surface area (TPSA) is 58.4 Å². The summed E-state index contributed by atoms with van der Waals surface area (Å²) in [6.07, 6.45) is 2.25. The first-order chi connectivity index (χ1) is 8.52. The average molecular weight is 312 g/mol. The quantitative estimate of drug-likeness (QED) is 0.814. The molecule has 1 amide bonds. The van der Waals surface area contributed by atoms with Crippen molar-refractivity contribution in [2.75, 3.05) is 19.3 Å². The lowest BCUT2D eigenvalue weighted by molar-refractivity contribution is -0.122. The number of amides is 1. The van der Waals surface area contributed by atoms with Crippen LogP contribution in [0, 0.1) is 0 Å². The second-order valence-electron chi connectivity index (χ2n) is 4.91. The van der Waals surface area contributed by atoms with E-state index in [0.29, 0.717) is 19.1 Å². The van der Waals surface area contributed by atoms with E-state index in [9.17, 15) is 4.79 Å². The van der Waals surface area contributed by atoms with E-state index in [-0.39, 0.29) is 5.91 Å². The van der Waals surface area contributed by atoms with Crippen LogP contribution in [0.5, 0.6) is 0 Å². The number of anilines is 1. The number of hydrogen-bond donors (Lipinski definition) is 2. The molecular formula is C13H18BrN3O. The van der Waals surface area contributed by atoms with Crippen LogP contribution in [0.2, 0.25) is 0 Å². The molecule has 0 bridgehead atoms. The Bertz CT molecular complexity index is 426. The van der Waals surface area contributed by atoms with Crippen molar-refractivity contribution in [1.29, 1.82) is 0 Å². The lowest BCUT2D eigenvalue weighted by atomic mass is 10.2. The number of nitrogen functional groups attached to an aromatic ring is 1. The van der Waals surface area contributed by atoms with Crippen molar-refractivity contribution in [2.45, 2.75) is 25.4 Å². The van der Waals surface area contributed by atoms with Gasteiger partial charge >= 0.3 is 0 Å². The summed E-state index contributed by atoms with van der Waals surface area (Å²) in [6.45, 7) is 1.13. The summed E-state index contributed by atoms with van der Waals surface area (Å²) in [5.41, 5.74) is 7.61. The Kier molecular flexibility index (Phi) is 4.24. The molecule has 1 aromatic carbocycles. The molecule has 1 fully saturated rings. The first-order valence-corrected chi connectivity index (χ1v) is 6.85. The molecule has 1 saturated carbocycles. The predicted molar refractivity (Wildman–Crippen MR) is 76.1 cm³/mol. The molecule has 0 atom stereocenters. The van der Waals surface area contributed by atoms with E-state index in [2.05, 4.69) is 21.2 Å². The van der Waals surface area contributed by atoms with Crippen molar-refractivity contribution in [3.05, 3.63) is 28.2 Å². The zero-order chi connectivity index (χ0) is 13.1. The molecule has 0 spiro atoms. The standard InChI is InChI=1S/C13H18BrN3O/c1-17(8-13(18)16-12-2-3-12)7-9-4-10(14)6-11(15)5-9/h4-6,12H,2-3,7-8,15H2,1H3,(H,16,18). The molecule has 98 valence electrons. The maximum absolute atomic E-state index is 11.6. The number of benzene rings is 1. The Morgan fingerprint density at radius 2 is 2.22 bits per heavy atom. The van der Waals surface area contributed by atoms with Gasteiger partial charge in [0.25, 0.3) is 0 Å². The van der Waals surface area contributed by atoms with Gasteiger partial charge in [-0.05, 0) is 43.7 Å². The second-order valence-corrected chi connectivity index (χ2v) is 5.82. The van der Waals surface area contributed by atoms with Gasteiger partial charge in [-0.15, -0.1) is 0 Å². The highest BCUT2D eigenvalue weighted by atomic mass is 79.9. The smallest absolute Gasteiger partial charge is 0.234 e. The van der Waals surface area contributed by atoms with Crippen molar-refractivity contribution < 1.29 is 4.79 Å². The van der Waals surface area contributed by atoms with Crippen LogP contribution in [-0.4, -0.2) is 30.4 Å². The molecule has 4 nitrogen and oxygen atoms in total. The summed E-state index contributed by atoms with van der Waals surface area (Å²) >= 11 is 3.42. The number of likely N-dealkylation sites (N-methyl/N-ethyl adjacent to an activating group) is 1. The number of hydrogen-bond acceptors (Lipinski definition) is 3. The monoisotopic (exact) mass is 311 g/mol. The minimum Gasteiger partial charge on any atom is -0.399 e. The van der Waals surface area contributed by atoms with Gasteiger partial charge in [0.15, 0.2) is 0 Å². The Morgan fingerprint density at radius 3 is 2.83 bits per heavy atom. The Morgan fingerprint density at radius 1 is 1.50 bits per heavy atom. The minimum absolute atomic E-state index is 0.1000. The van der Waals surface area contributed by atoms with Gasteiger partial charge in [0.1, 0.15) is 0 Å². The molecule has 0 unspecified atom stereocenters. The van der Waals surface area contributed by atoms with Gasteiger partial charge in [-0.1, -0.05) is 15.9 Å². The van der Waals surface area contributed by atoms with Gasteiger partial charge < -0.3 is 11.1 Å². The molecule has 1 aliphatic rings. The Hall–Kier alpha value is -1.07. The van der Waals surface area contributed by atoms with Crippen molar-refractivity contribution in [2.24, 2.45) is 0 Å². The zero-order valence-electron chi connectivity index (χ0n) is 10.4. The fourth-order valence-electron chi connectivity index (χ4n) is 1.88. The Labute approximate surface area is 116 Å². The van der Waals surface area contributed by atoms with Crippen molar-refractivity contribution in [3.8, 4) is 0 Å². The summed E-state index contributed by atoms with van der Waals surface area (Å²) in [4.78, 5) is 13.6. The van der Waals surface area contributed by atoms with Gasteiger partial charge in [0.2, 0.25) is 5.91 Å². The van der Waals surface area contributed by atoms with Crippen LogP contribution in [0.25, 0.3) is 0 Å². The maximum atomic E-state index is 11.6. The second kappa shape index (κ2) is 5.71. The van der Waals surface area contributed by atoms with Crippen LogP contribution in [0.15, 0.2) is 22.7 Å². The van der Waals surface area contributed by atoms with Gasteiger partial charge in [-0.3, -0.25) is 9.69 Å². The molecule has 0 radical (unpaired) electrons. The summed E-state index contributed by atoms with van der Waals surface area (Å²) in [6, 6.07) is 6.24. The third-order valence-corrected chi connectivity index (χ3v) is 3.25. The minimum atomic E-state index is 0.1000. The van der Waals surface area contributed by atoms with Crippen molar-refractivity contribution in [3.63, 3.8) is 0 Å². The molecule has 18 heavy (non-hydrogen) atoms. The maximum Gasteiger partial charge on any atom is 0.234 e. The van der Waals surface area contributed by atoms with Crippen LogP contribution in [0.4, 0.5) is 5.69 Å². The third-order valence-electron chi connectivity index (χ3n) is 2.79. The number of nitrogens with one attached hydrogen (secondary N) is 1. The average Bonchev–Trinajstić information content (AvgIpc) is 2.98. The molecular weight excluding hydrogens is 294 g/mol. The molecule has 1 aromatic rings. The molecule has 0 heterocycles. The molecule has 3 N–H and O–H groups in total. The van der Waals surface area contributed by atoms with Gasteiger partial charge in [-0.25, -0.2) is 0 Å². The Balaban J connectivity index is 1.85. The van der Waals surface area contributed by atoms with E-state index in [1.807, 2.05) is 30.1 Å². The predicted octanol–water partition coefficient (Wildman–Crippen LogP) is 1.74. The van der Waals surface area contributed by atoms with E-state index in [1.165, 1.54) is 0 Å². The van der Waals surface area contributed by atoms with E-state index in [1.54, 1.807) is 0 Å². The van der Waals surface area contributed by atoms with Crippen LogP contribution in [0.3, 0.4) is 0 Å². The largest absolute Gasteiger partial charge is 0.399 e. The third kappa shape index (κ3) is 4.31. The van der Waals surface area contributed by atoms with Gasteiger partial charge in [-0.2, -0.15) is 0 Å². The first-order valence-electron chi connectivity index (χ1n) is 6.06.